The summed E-state index contributed by atoms with van der Waals surface area (Å²) in [7, 11) is 0. The van der Waals surface area contributed by atoms with Gasteiger partial charge >= 0.3 is 12.1 Å². The van der Waals surface area contributed by atoms with Crippen molar-refractivity contribution >= 4 is 40.9 Å². The van der Waals surface area contributed by atoms with Crippen LogP contribution in [0.5, 0.6) is 0 Å². The summed E-state index contributed by atoms with van der Waals surface area (Å²) >= 11 is 5.55. The van der Waals surface area contributed by atoms with Gasteiger partial charge in [-0.25, -0.2) is 4.79 Å². The average Bonchev–Trinajstić information content (AvgIpc) is 2.87. The topological polar surface area (TPSA) is 117 Å². The number of amides is 2. The third kappa shape index (κ3) is 10.5. The molecule has 9 heteroatoms. The molecular formula is C29H39N3O5S. The Morgan fingerprint density at radius 2 is 1.53 bits per heavy atom. The van der Waals surface area contributed by atoms with E-state index in [4.69, 9.17) is 17.0 Å². The van der Waals surface area contributed by atoms with Crippen LogP contribution in [0.1, 0.15) is 58.9 Å². The number of hydrogen-bond acceptors (Lipinski definition) is 5. The highest BCUT2D eigenvalue weighted by molar-refractivity contribution is 7.80. The maximum absolute atomic E-state index is 12.9. The fraction of sp³-hybridized carbons (Fsp3) is 0.448. The van der Waals surface area contributed by atoms with Crippen molar-refractivity contribution in [3.8, 4) is 0 Å². The van der Waals surface area contributed by atoms with Crippen molar-refractivity contribution in [1.82, 2.24) is 10.6 Å². The van der Waals surface area contributed by atoms with Gasteiger partial charge in [0.25, 0.3) is 0 Å². The van der Waals surface area contributed by atoms with Gasteiger partial charge in [-0.2, -0.15) is 0 Å². The smallest absolute Gasteiger partial charge is 0.408 e. The monoisotopic (exact) mass is 541 g/mol. The molecule has 0 radical (unpaired) electrons. The zero-order chi connectivity index (χ0) is 28.2. The lowest BCUT2D eigenvalue weighted by atomic mass is 9.75. The lowest BCUT2D eigenvalue weighted by Crippen LogP contribution is -2.44. The highest BCUT2D eigenvalue weighted by Crippen LogP contribution is 2.34. The fourth-order valence-electron chi connectivity index (χ4n) is 4.10. The van der Waals surface area contributed by atoms with Crippen molar-refractivity contribution in [3.63, 3.8) is 0 Å². The number of benzene rings is 2. The second kappa shape index (κ2) is 14.5. The molecule has 0 aliphatic carbocycles. The van der Waals surface area contributed by atoms with Gasteiger partial charge in [0.1, 0.15) is 12.6 Å². The van der Waals surface area contributed by atoms with Crippen molar-refractivity contribution in [1.29, 1.82) is 0 Å². The Morgan fingerprint density at radius 3 is 2.13 bits per heavy atom. The number of alkyl carbamates (subject to hydrolysis) is 1. The number of thiocarbonyl (C=S) groups is 1. The molecule has 0 aliphatic rings. The van der Waals surface area contributed by atoms with Crippen molar-refractivity contribution in [2.24, 2.45) is 10.8 Å². The maximum atomic E-state index is 12.9. The molecule has 0 saturated heterocycles. The van der Waals surface area contributed by atoms with Crippen LogP contribution in [-0.2, 0) is 20.9 Å². The molecule has 2 aromatic rings. The van der Waals surface area contributed by atoms with E-state index in [1.165, 1.54) is 0 Å². The highest BCUT2D eigenvalue weighted by atomic mass is 32.1. The second-order valence-corrected chi connectivity index (χ2v) is 11.0. The van der Waals surface area contributed by atoms with Crippen molar-refractivity contribution < 1.29 is 24.2 Å². The Hall–Kier alpha value is -3.46. The van der Waals surface area contributed by atoms with Crippen LogP contribution in [-0.4, -0.2) is 40.7 Å². The van der Waals surface area contributed by atoms with Crippen LogP contribution in [0.4, 0.5) is 10.5 Å². The first kappa shape index (κ1) is 30.8. The summed E-state index contributed by atoms with van der Waals surface area (Å²) in [4.78, 5) is 37.5. The van der Waals surface area contributed by atoms with Gasteiger partial charge in [-0.15, -0.1) is 0 Å². The first-order chi connectivity index (χ1) is 17.9. The number of unbranched alkanes of at least 4 members (excludes halogenated alkanes) is 1. The van der Waals surface area contributed by atoms with Crippen LogP contribution in [0.25, 0.3) is 0 Å². The number of para-hydroxylation sites is 1. The zero-order valence-electron chi connectivity index (χ0n) is 22.6. The third-order valence-corrected chi connectivity index (χ3v) is 6.84. The number of carboxylic acid groups (broad SMARTS) is 1. The van der Waals surface area contributed by atoms with E-state index in [-0.39, 0.29) is 12.5 Å². The van der Waals surface area contributed by atoms with Gasteiger partial charge in [0, 0.05) is 17.6 Å². The quantitative estimate of drug-likeness (QED) is 0.183. The van der Waals surface area contributed by atoms with E-state index in [1.807, 2.05) is 62.4 Å². The number of aliphatic carboxylic acids is 1. The molecule has 2 amide bonds. The molecule has 0 aliphatic heterocycles. The minimum Gasteiger partial charge on any atom is -0.481 e. The molecular weight excluding hydrogens is 502 g/mol. The van der Waals surface area contributed by atoms with E-state index in [9.17, 15) is 19.5 Å². The molecule has 0 fully saturated rings. The normalized spacial score (nSPS) is 12.2. The van der Waals surface area contributed by atoms with Gasteiger partial charge in [0.15, 0.2) is 0 Å². The van der Waals surface area contributed by atoms with Crippen LogP contribution in [0.2, 0.25) is 0 Å². The molecule has 0 bridgehead atoms. The van der Waals surface area contributed by atoms with E-state index < -0.39 is 28.9 Å². The fourth-order valence-corrected chi connectivity index (χ4v) is 4.28. The SMILES string of the molecule is CC(C)(CC(C)(C)C(=S)NCCCCC(NC(=O)OCc1ccccc1)C(=O)Nc1ccccc1)C(=O)O. The Bertz CT molecular complexity index is 1070. The summed E-state index contributed by atoms with van der Waals surface area (Å²) in [5.74, 6) is -1.18. The predicted molar refractivity (Wildman–Crippen MR) is 153 cm³/mol. The van der Waals surface area contributed by atoms with E-state index in [1.54, 1.807) is 26.0 Å². The first-order valence-electron chi connectivity index (χ1n) is 12.8. The summed E-state index contributed by atoms with van der Waals surface area (Å²) in [6, 6.07) is 17.6. The lowest BCUT2D eigenvalue weighted by molar-refractivity contribution is -0.148. The second-order valence-electron chi connectivity index (χ2n) is 10.6. The van der Waals surface area contributed by atoms with Gasteiger partial charge < -0.3 is 25.8 Å². The lowest BCUT2D eigenvalue weighted by Gasteiger charge is -2.33. The highest BCUT2D eigenvalue weighted by Gasteiger charge is 2.37. The van der Waals surface area contributed by atoms with E-state index in [0.29, 0.717) is 42.9 Å². The Labute approximate surface area is 230 Å². The van der Waals surface area contributed by atoms with Crippen LogP contribution in [0.3, 0.4) is 0 Å². The molecule has 8 nitrogen and oxygen atoms in total. The largest absolute Gasteiger partial charge is 0.481 e. The van der Waals surface area contributed by atoms with Crippen molar-refractivity contribution in [3.05, 3.63) is 66.2 Å². The number of carbonyl (C=O) groups excluding carboxylic acids is 2. The summed E-state index contributed by atoms with van der Waals surface area (Å²) in [6.45, 7) is 7.93. The predicted octanol–water partition coefficient (Wildman–Crippen LogP) is 5.53. The third-order valence-electron chi connectivity index (χ3n) is 6.15. The molecule has 4 N–H and O–H groups in total. The van der Waals surface area contributed by atoms with Crippen LogP contribution in [0, 0.1) is 10.8 Å². The van der Waals surface area contributed by atoms with Gasteiger partial charge in [-0.3, -0.25) is 9.59 Å². The molecule has 2 aromatic carbocycles. The Morgan fingerprint density at radius 1 is 0.921 bits per heavy atom. The molecule has 2 rings (SSSR count). The molecule has 0 heterocycles. The van der Waals surface area contributed by atoms with Crippen molar-refractivity contribution in [2.75, 3.05) is 11.9 Å². The van der Waals surface area contributed by atoms with Gasteiger partial charge in [0.05, 0.1) is 10.4 Å². The minimum atomic E-state index is -0.893. The summed E-state index contributed by atoms with van der Waals surface area (Å²) in [5, 5.41) is 18.2. The number of nitrogens with one attached hydrogen (secondary N) is 3. The average molecular weight is 542 g/mol. The van der Waals surface area contributed by atoms with Gasteiger partial charge in [0.2, 0.25) is 5.91 Å². The summed E-state index contributed by atoms with van der Waals surface area (Å²) in [6.07, 6.45) is 1.49. The molecule has 1 atom stereocenters. The molecule has 0 spiro atoms. The molecule has 0 saturated carbocycles. The Kier molecular flexibility index (Phi) is 11.7. The Balaban J connectivity index is 1.88. The minimum absolute atomic E-state index is 0.107. The zero-order valence-corrected chi connectivity index (χ0v) is 23.4. The number of carboxylic acids is 1. The number of anilines is 1. The number of carbonyl (C=O) groups is 3. The van der Waals surface area contributed by atoms with E-state index in [2.05, 4.69) is 16.0 Å². The van der Waals surface area contributed by atoms with E-state index in [0.717, 1.165) is 5.56 Å². The maximum Gasteiger partial charge on any atom is 0.408 e. The van der Waals surface area contributed by atoms with Crippen LogP contribution >= 0.6 is 12.2 Å². The van der Waals surface area contributed by atoms with Crippen molar-refractivity contribution in [2.45, 2.75) is 66.0 Å². The van der Waals surface area contributed by atoms with Gasteiger partial charge in [-0.1, -0.05) is 74.6 Å². The molecule has 1 unspecified atom stereocenters. The summed E-state index contributed by atoms with van der Waals surface area (Å²) < 4.78 is 5.31. The first-order valence-corrected chi connectivity index (χ1v) is 13.2. The number of rotatable bonds is 14. The van der Waals surface area contributed by atoms with Crippen LogP contribution in [0.15, 0.2) is 60.7 Å². The molecule has 0 aromatic heterocycles. The molecule has 206 valence electrons. The van der Waals surface area contributed by atoms with E-state index >= 15 is 0 Å². The van der Waals surface area contributed by atoms with Crippen LogP contribution < -0.4 is 16.0 Å². The summed E-state index contributed by atoms with van der Waals surface area (Å²) in [5.41, 5.74) is 0.111. The molecule has 38 heavy (non-hydrogen) atoms. The number of hydrogen-bond donors (Lipinski definition) is 4. The standard InChI is InChI=1S/C29H39N3O5S/c1-28(2,20-29(3,4)26(34)35)25(38)30-18-12-11-17-23(24(33)31-22-15-9-6-10-16-22)32-27(36)37-19-21-13-7-5-8-14-21/h5-10,13-16,23H,11-12,17-20H2,1-4H3,(H,30,38)(H,31,33)(H,32,36)(H,34,35). The number of ether oxygens (including phenoxy) is 1. The van der Waals surface area contributed by atoms with Gasteiger partial charge in [-0.05, 0) is 57.2 Å².